The molecular weight excluding hydrogens is 199 g/mol. The summed E-state index contributed by atoms with van der Waals surface area (Å²) in [6.45, 7) is 5.39. The zero-order valence-electron chi connectivity index (χ0n) is 8.01. The number of aliphatic hydroxyl groups excluding tert-OH is 1. The maximum absolute atomic E-state index is 10.00. The summed E-state index contributed by atoms with van der Waals surface area (Å²) < 4.78 is 13.7. The van der Waals surface area contributed by atoms with E-state index >= 15 is 0 Å². The molecule has 0 aromatic heterocycles. The lowest BCUT2D eigenvalue weighted by Crippen LogP contribution is -2.05. The van der Waals surface area contributed by atoms with Gasteiger partial charge in [0, 0.05) is 6.61 Å². The molecule has 0 saturated carbocycles. The largest absolute Gasteiger partial charge is 0.496 e. The monoisotopic (exact) mass is 216 g/mol. The highest BCUT2D eigenvalue weighted by Crippen LogP contribution is 2.36. The first-order valence-electron chi connectivity index (χ1n) is 3.88. The van der Waals surface area contributed by atoms with Crippen molar-refractivity contribution in [1.29, 1.82) is 0 Å². The molecule has 0 aromatic carbocycles. The zero-order valence-corrected chi connectivity index (χ0v) is 8.90. The van der Waals surface area contributed by atoms with Gasteiger partial charge < -0.3 is 14.9 Å². The Labute approximate surface area is 77.7 Å². The summed E-state index contributed by atoms with van der Waals surface area (Å²) in [5.74, 6) is 0. The van der Waals surface area contributed by atoms with Crippen LogP contribution in [0, 0.1) is 0 Å². The SMILES string of the molecule is CCC(C)OOP(=O)(O)O.CCO. The average molecular weight is 216 g/mol. The van der Waals surface area contributed by atoms with E-state index in [1.807, 2.05) is 6.92 Å². The fourth-order valence-corrected chi connectivity index (χ4v) is 0.457. The summed E-state index contributed by atoms with van der Waals surface area (Å²) in [6, 6.07) is 0. The van der Waals surface area contributed by atoms with Gasteiger partial charge in [-0.3, -0.25) is 0 Å². The van der Waals surface area contributed by atoms with E-state index in [0.29, 0.717) is 6.42 Å². The Morgan fingerprint density at radius 3 is 2.00 bits per heavy atom. The van der Waals surface area contributed by atoms with Crippen molar-refractivity contribution in [3.63, 3.8) is 0 Å². The average Bonchev–Trinajstić information content (AvgIpc) is 2.00. The van der Waals surface area contributed by atoms with Gasteiger partial charge >= 0.3 is 7.82 Å². The van der Waals surface area contributed by atoms with Crippen LogP contribution in [0.25, 0.3) is 0 Å². The molecule has 0 amide bonds. The van der Waals surface area contributed by atoms with Crippen molar-refractivity contribution in [3.8, 4) is 0 Å². The third-order valence-corrected chi connectivity index (χ3v) is 1.16. The van der Waals surface area contributed by atoms with E-state index < -0.39 is 7.82 Å². The molecule has 0 aliphatic heterocycles. The quantitative estimate of drug-likeness (QED) is 0.366. The summed E-state index contributed by atoms with van der Waals surface area (Å²) in [5, 5.41) is 7.57. The van der Waals surface area contributed by atoms with Gasteiger partial charge in [-0.05, 0) is 20.3 Å². The smallest absolute Gasteiger partial charge is 0.397 e. The number of aliphatic hydroxyl groups is 1. The highest BCUT2D eigenvalue weighted by molar-refractivity contribution is 7.46. The molecule has 6 nitrogen and oxygen atoms in total. The van der Waals surface area contributed by atoms with E-state index in [-0.39, 0.29) is 12.7 Å². The first-order valence-corrected chi connectivity index (χ1v) is 5.41. The molecule has 13 heavy (non-hydrogen) atoms. The van der Waals surface area contributed by atoms with Crippen LogP contribution in [0.2, 0.25) is 0 Å². The third-order valence-electron chi connectivity index (χ3n) is 0.879. The normalized spacial score (nSPS) is 13.1. The van der Waals surface area contributed by atoms with Crippen LogP contribution in [-0.2, 0) is 14.1 Å². The number of rotatable bonds is 4. The Morgan fingerprint density at radius 1 is 1.38 bits per heavy atom. The van der Waals surface area contributed by atoms with Gasteiger partial charge in [-0.15, -0.1) is 4.67 Å². The summed E-state index contributed by atoms with van der Waals surface area (Å²) in [6.07, 6.45) is 0.340. The molecule has 1 atom stereocenters. The Balaban J connectivity index is 0. The molecule has 1 unspecified atom stereocenters. The Morgan fingerprint density at radius 2 is 1.77 bits per heavy atom. The van der Waals surface area contributed by atoms with Gasteiger partial charge in [-0.1, -0.05) is 6.92 Å². The Bertz CT molecular complexity index is 144. The number of phosphoric acid groups is 1. The molecule has 0 fully saturated rings. The highest BCUT2D eigenvalue weighted by atomic mass is 31.2. The summed E-state index contributed by atoms with van der Waals surface area (Å²) >= 11 is 0. The van der Waals surface area contributed by atoms with E-state index in [4.69, 9.17) is 14.9 Å². The van der Waals surface area contributed by atoms with Crippen molar-refractivity contribution < 1.29 is 29.0 Å². The lowest BCUT2D eigenvalue weighted by molar-refractivity contribution is -0.253. The number of hydrogen-bond acceptors (Lipinski definition) is 4. The number of hydrogen-bond donors (Lipinski definition) is 3. The zero-order chi connectivity index (χ0) is 10.9. The van der Waals surface area contributed by atoms with Crippen molar-refractivity contribution in [2.45, 2.75) is 33.3 Å². The van der Waals surface area contributed by atoms with E-state index in [1.165, 1.54) is 0 Å². The van der Waals surface area contributed by atoms with Crippen molar-refractivity contribution >= 4 is 7.82 Å². The molecule has 0 spiro atoms. The van der Waals surface area contributed by atoms with E-state index in [0.717, 1.165) is 0 Å². The van der Waals surface area contributed by atoms with Crippen molar-refractivity contribution in [2.24, 2.45) is 0 Å². The minimum atomic E-state index is -4.45. The second kappa shape index (κ2) is 8.62. The third kappa shape index (κ3) is 18.8. The van der Waals surface area contributed by atoms with Crippen LogP contribution in [0.15, 0.2) is 0 Å². The predicted molar refractivity (Wildman–Crippen MR) is 46.7 cm³/mol. The lowest BCUT2D eigenvalue weighted by Gasteiger charge is -2.08. The van der Waals surface area contributed by atoms with E-state index in [1.54, 1.807) is 13.8 Å². The van der Waals surface area contributed by atoms with Crippen molar-refractivity contribution in [2.75, 3.05) is 6.61 Å². The van der Waals surface area contributed by atoms with E-state index in [2.05, 4.69) is 9.56 Å². The topological polar surface area (TPSA) is 96.2 Å². The predicted octanol–water partition coefficient (Wildman–Crippen LogP) is 0.824. The van der Waals surface area contributed by atoms with Crippen LogP contribution in [0.5, 0.6) is 0 Å². The van der Waals surface area contributed by atoms with Crippen LogP contribution in [0.4, 0.5) is 0 Å². The molecule has 0 rings (SSSR count). The minimum absolute atomic E-state index is 0.250. The maximum atomic E-state index is 10.00. The lowest BCUT2D eigenvalue weighted by atomic mass is 10.3. The van der Waals surface area contributed by atoms with Crippen LogP contribution in [-0.4, -0.2) is 27.6 Å². The summed E-state index contributed by atoms with van der Waals surface area (Å²) in [7, 11) is -4.45. The Hall–Kier alpha value is 0.0300. The molecule has 0 aliphatic carbocycles. The standard InChI is InChI=1S/C4H11O5P.C2H6O/c1-3-4(2)8-9-10(5,6)7;1-2-3/h4H,3H2,1-2H3,(H2,5,6,7);3H,2H2,1H3. The van der Waals surface area contributed by atoms with Gasteiger partial charge in [0.1, 0.15) is 0 Å². The van der Waals surface area contributed by atoms with Crippen LogP contribution >= 0.6 is 7.82 Å². The first-order chi connectivity index (χ1) is 5.87. The molecule has 0 saturated heterocycles. The second-order valence-electron chi connectivity index (χ2n) is 2.20. The van der Waals surface area contributed by atoms with Crippen LogP contribution in [0.3, 0.4) is 0 Å². The van der Waals surface area contributed by atoms with Gasteiger partial charge in [-0.2, -0.15) is 0 Å². The molecule has 0 aliphatic rings. The molecule has 0 aromatic rings. The first kappa shape index (κ1) is 15.5. The Kier molecular flexibility index (Phi) is 10.3. The van der Waals surface area contributed by atoms with Crippen LogP contribution in [0.1, 0.15) is 27.2 Å². The van der Waals surface area contributed by atoms with Crippen LogP contribution < -0.4 is 0 Å². The molecule has 82 valence electrons. The van der Waals surface area contributed by atoms with Gasteiger partial charge in [0.25, 0.3) is 0 Å². The van der Waals surface area contributed by atoms with E-state index in [9.17, 15) is 4.57 Å². The van der Waals surface area contributed by atoms with Gasteiger partial charge in [0.05, 0.1) is 6.10 Å². The fourth-order valence-electron chi connectivity index (χ4n) is 0.198. The summed E-state index contributed by atoms with van der Waals surface area (Å²) in [5.41, 5.74) is 0. The molecule has 0 heterocycles. The minimum Gasteiger partial charge on any atom is -0.397 e. The van der Waals surface area contributed by atoms with Gasteiger partial charge in [-0.25, -0.2) is 9.45 Å². The molecule has 0 bridgehead atoms. The second-order valence-corrected chi connectivity index (χ2v) is 3.33. The van der Waals surface area contributed by atoms with Gasteiger partial charge in [0.2, 0.25) is 0 Å². The highest BCUT2D eigenvalue weighted by Gasteiger charge is 2.16. The summed E-state index contributed by atoms with van der Waals surface area (Å²) in [4.78, 5) is 20.5. The molecular formula is C6H17O6P. The van der Waals surface area contributed by atoms with Crippen molar-refractivity contribution in [3.05, 3.63) is 0 Å². The molecule has 7 heteroatoms. The van der Waals surface area contributed by atoms with Gasteiger partial charge in [0.15, 0.2) is 0 Å². The fraction of sp³-hybridized carbons (Fsp3) is 1.00. The molecule has 0 radical (unpaired) electrons. The van der Waals surface area contributed by atoms with Crippen molar-refractivity contribution in [1.82, 2.24) is 0 Å². The maximum Gasteiger partial charge on any atom is 0.496 e. The molecule has 3 N–H and O–H groups in total.